The highest BCUT2D eigenvalue weighted by Crippen LogP contribution is 2.32. The van der Waals surface area contributed by atoms with Crippen LogP contribution in [0.4, 0.5) is 5.69 Å². The lowest BCUT2D eigenvalue weighted by atomic mass is 10.1. The highest BCUT2D eigenvalue weighted by molar-refractivity contribution is 9.10. The molecule has 170 valence electrons. The third-order valence-corrected chi connectivity index (χ3v) is 6.89. The number of fused-ring (bicyclic) bond motifs is 1. The molecule has 4 nitrogen and oxygen atoms in total. The van der Waals surface area contributed by atoms with Crippen LogP contribution in [-0.4, -0.2) is 11.6 Å². The maximum absolute atomic E-state index is 6.42. The van der Waals surface area contributed by atoms with Gasteiger partial charge in [0, 0.05) is 20.8 Å². The predicted molar refractivity (Wildman–Crippen MR) is 143 cm³/mol. The summed E-state index contributed by atoms with van der Waals surface area (Å²) >= 11 is 5.08. The number of para-hydroxylation sites is 1. The van der Waals surface area contributed by atoms with Crippen LogP contribution in [0.2, 0.25) is 0 Å². The van der Waals surface area contributed by atoms with Gasteiger partial charge >= 0.3 is 0 Å². The van der Waals surface area contributed by atoms with Gasteiger partial charge in [0.25, 0.3) is 0 Å². The molecule has 0 saturated heterocycles. The number of halogens is 1. The van der Waals surface area contributed by atoms with Crippen molar-refractivity contribution in [3.8, 4) is 27.6 Å². The van der Waals surface area contributed by atoms with Crippen LogP contribution in [0.1, 0.15) is 18.1 Å². The summed E-state index contributed by atoms with van der Waals surface area (Å²) < 4.78 is 13.3. The van der Waals surface area contributed by atoms with Gasteiger partial charge in [0.05, 0.1) is 23.6 Å². The fourth-order valence-electron chi connectivity index (χ4n) is 3.82. The average Bonchev–Trinajstić information content (AvgIpc) is 3.31. The second kappa shape index (κ2) is 9.57. The number of benzene rings is 3. The van der Waals surface area contributed by atoms with E-state index in [0.717, 1.165) is 42.9 Å². The predicted octanol–water partition coefficient (Wildman–Crippen LogP) is 8.23. The number of rotatable bonds is 5. The Kier molecular flexibility index (Phi) is 6.35. The molecule has 0 N–H and O–H groups in total. The molecule has 2 aromatic heterocycles. The highest BCUT2D eigenvalue weighted by atomic mass is 79.9. The number of hydrogen-bond acceptors (Lipinski definition) is 5. The Morgan fingerprint density at radius 2 is 1.85 bits per heavy atom. The van der Waals surface area contributed by atoms with Gasteiger partial charge < -0.3 is 9.15 Å². The van der Waals surface area contributed by atoms with Crippen molar-refractivity contribution in [3.05, 3.63) is 93.3 Å². The van der Waals surface area contributed by atoms with E-state index in [1.807, 2.05) is 43.3 Å². The molecule has 5 rings (SSSR count). The second-order valence-electron chi connectivity index (χ2n) is 8.02. The summed E-state index contributed by atoms with van der Waals surface area (Å²) in [7, 11) is 0. The van der Waals surface area contributed by atoms with Crippen LogP contribution >= 0.6 is 27.3 Å². The minimum absolute atomic E-state index is 0.517. The zero-order chi connectivity index (χ0) is 23.7. The molecule has 0 aliphatic carbocycles. The van der Waals surface area contributed by atoms with Gasteiger partial charge in [-0.15, -0.1) is 11.3 Å². The molecular weight excluding hydrogens is 508 g/mol. The van der Waals surface area contributed by atoms with Crippen LogP contribution in [-0.2, 0) is 0 Å². The first-order valence-electron chi connectivity index (χ1n) is 11.1. The third kappa shape index (κ3) is 4.56. The summed E-state index contributed by atoms with van der Waals surface area (Å²) in [5.74, 6) is 0.707. The molecule has 0 amide bonds. The van der Waals surface area contributed by atoms with E-state index in [0.29, 0.717) is 23.5 Å². The minimum Gasteiger partial charge on any atom is -0.490 e. The first-order valence-corrected chi connectivity index (χ1v) is 12.7. The number of hydrogen-bond donors (Lipinski definition) is 0. The lowest BCUT2D eigenvalue weighted by Crippen LogP contribution is -2.06. The monoisotopic (exact) mass is 530 g/mol. The van der Waals surface area contributed by atoms with Crippen LogP contribution in [0, 0.1) is 13.8 Å². The van der Waals surface area contributed by atoms with Crippen LogP contribution in [0.15, 0.2) is 86.0 Å². The quantitative estimate of drug-likeness (QED) is 0.230. The maximum Gasteiger partial charge on any atom is 0.230 e. The van der Waals surface area contributed by atoms with E-state index in [4.69, 9.17) is 19.1 Å². The summed E-state index contributed by atoms with van der Waals surface area (Å²) in [6.45, 7) is 6.67. The molecule has 0 saturated carbocycles. The second-order valence-corrected chi connectivity index (χ2v) is 9.79. The normalized spacial score (nSPS) is 11.8. The zero-order valence-corrected chi connectivity index (χ0v) is 21.5. The van der Waals surface area contributed by atoms with Crippen LogP contribution in [0.5, 0.6) is 5.75 Å². The lowest BCUT2D eigenvalue weighted by molar-refractivity contribution is 0.337. The van der Waals surface area contributed by atoms with Gasteiger partial charge in [0.15, 0.2) is 11.3 Å². The van der Waals surface area contributed by atoms with E-state index in [1.54, 1.807) is 11.3 Å². The van der Waals surface area contributed by atoms with Crippen LogP contribution < -0.4 is 10.3 Å². The van der Waals surface area contributed by atoms with Gasteiger partial charge in [-0.05, 0) is 56.7 Å². The molecule has 0 radical (unpaired) electrons. The van der Waals surface area contributed by atoms with Crippen LogP contribution in [0.3, 0.4) is 0 Å². The van der Waals surface area contributed by atoms with Crippen LogP contribution in [0.25, 0.3) is 32.8 Å². The van der Waals surface area contributed by atoms with E-state index in [-0.39, 0.29) is 0 Å². The molecule has 0 atom stereocenters. The van der Waals surface area contributed by atoms with Crippen molar-refractivity contribution in [1.29, 1.82) is 0 Å². The van der Waals surface area contributed by atoms with Crippen molar-refractivity contribution >= 4 is 43.9 Å². The van der Waals surface area contributed by atoms with E-state index < -0.39 is 0 Å². The molecular formula is C28H23BrN2O2S. The Bertz CT molecular complexity index is 1550. The molecule has 34 heavy (non-hydrogen) atoms. The summed E-state index contributed by atoms with van der Waals surface area (Å²) in [4.78, 5) is 9.88. The van der Waals surface area contributed by atoms with Crippen molar-refractivity contribution < 1.29 is 9.15 Å². The number of aromatic nitrogens is 1. The van der Waals surface area contributed by atoms with Gasteiger partial charge in [-0.3, -0.25) is 0 Å². The number of thiazole rings is 1. The van der Waals surface area contributed by atoms with E-state index in [1.165, 1.54) is 5.56 Å². The smallest absolute Gasteiger partial charge is 0.230 e. The Labute approximate surface area is 210 Å². The van der Waals surface area contributed by atoms with Crippen molar-refractivity contribution in [3.63, 3.8) is 0 Å². The number of nitrogens with zero attached hydrogens (tertiary/aromatic N) is 2. The summed E-state index contributed by atoms with van der Waals surface area (Å²) in [5.41, 5.74) is 7.20. The molecule has 0 fully saturated rings. The SMILES string of the molecule is CCOc1cccc2cc(-c3nc(-c4ccc(Br)cc4)cs3)c(=Nc3ccc(C)cc3C)oc12. The minimum atomic E-state index is 0.517. The molecule has 5 aromatic rings. The molecule has 0 spiro atoms. The van der Waals surface area contributed by atoms with E-state index in [2.05, 4.69) is 65.5 Å². The van der Waals surface area contributed by atoms with Crippen molar-refractivity contribution in [2.24, 2.45) is 4.99 Å². The Morgan fingerprint density at radius 3 is 2.62 bits per heavy atom. The Morgan fingerprint density at radius 1 is 1.03 bits per heavy atom. The van der Waals surface area contributed by atoms with E-state index >= 15 is 0 Å². The molecule has 0 unspecified atom stereocenters. The highest BCUT2D eigenvalue weighted by Gasteiger charge is 2.15. The molecule has 2 heterocycles. The van der Waals surface area contributed by atoms with E-state index in [9.17, 15) is 0 Å². The Hall–Kier alpha value is -3.22. The molecule has 3 aromatic carbocycles. The van der Waals surface area contributed by atoms with Gasteiger partial charge in [-0.25, -0.2) is 9.98 Å². The lowest BCUT2D eigenvalue weighted by Gasteiger charge is -2.08. The van der Waals surface area contributed by atoms with Gasteiger partial charge in [0.2, 0.25) is 5.55 Å². The molecule has 0 aliphatic rings. The van der Waals surface area contributed by atoms with Gasteiger partial charge in [-0.2, -0.15) is 0 Å². The number of ether oxygens (including phenoxy) is 1. The third-order valence-electron chi connectivity index (χ3n) is 5.49. The largest absolute Gasteiger partial charge is 0.490 e. The molecule has 0 bridgehead atoms. The zero-order valence-electron chi connectivity index (χ0n) is 19.1. The standard InChI is InChI=1S/C28H23BrN2O2S/c1-4-32-25-7-5-6-20-15-22(28-31-24(16-34-28)19-9-11-21(29)12-10-19)27(33-26(20)25)30-23-13-8-17(2)14-18(23)3/h5-16H,4H2,1-3H3. The Balaban J connectivity index is 1.72. The van der Waals surface area contributed by atoms with Gasteiger partial charge in [0.1, 0.15) is 5.01 Å². The topological polar surface area (TPSA) is 47.6 Å². The van der Waals surface area contributed by atoms with Crippen molar-refractivity contribution in [1.82, 2.24) is 4.98 Å². The summed E-state index contributed by atoms with van der Waals surface area (Å²) in [6, 6.07) is 22.4. The fraction of sp³-hybridized carbons (Fsp3) is 0.143. The molecule has 0 aliphatic heterocycles. The number of aryl methyl sites for hydroxylation is 2. The summed E-state index contributed by atoms with van der Waals surface area (Å²) in [5, 5.41) is 3.87. The van der Waals surface area contributed by atoms with Crippen molar-refractivity contribution in [2.45, 2.75) is 20.8 Å². The maximum atomic E-state index is 6.42. The van der Waals surface area contributed by atoms with Gasteiger partial charge in [-0.1, -0.05) is 57.9 Å². The fourth-order valence-corrected chi connectivity index (χ4v) is 4.92. The first-order chi connectivity index (χ1) is 16.5. The average molecular weight is 531 g/mol. The summed E-state index contributed by atoms with van der Waals surface area (Å²) in [6.07, 6.45) is 0. The van der Waals surface area contributed by atoms with Crippen molar-refractivity contribution in [2.75, 3.05) is 6.61 Å². The molecule has 6 heteroatoms. The first kappa shape index (κ1) is 22.6.